The summed E-state index contributed by atoms with van der Waals surface area (Å²) in [5.74, 6) is 2.57. The van der Waals surface area contributed by atoms with Gasteiger partial charge in [-0.15, -0.1) is 12.3 Å². The number of aryl methyl sites for hydroxylation is 1. The van der Waals surface area contributed by atoms with Gasteiger partial charge in [0.25, 0.3) is 5.56 Å². The summed E-state index contributed by atoms with van der Waals surface area (Å²) < 4.78 is 6.82. The smallest absolute Gasteiger partial charge is 0.268 e. The minimum Gasteiger partial charge on any atom is -0.381 e. The Morgan fingerprint density at radius 1 is 1.50 bits per heavy atom. The predicted molar refractivity (Wildman–Crippen MR) is 78.8 cm³/mol. The molecule has 2 rings (SSSR count). The van der Waals surface area contributed by atoms with Crippen molar-refractivity contribution in [2.45, 2.75) is 38.3 Å². The Balaban J connectivity index is 1.99. The fourth-order valence-corrected chi connectivity index (χ4v) is 2.45. The predicted octanol–water partition coefficient (Wildman–Crippen LogP) is 1.27. The number of anilines is 1. The molecule has 20 heavy (non-hydrogen) atoms. The molecule has 5 nitrogen and oxygen atoms in total. The average molecular weight is 275 g/mol. The van der Waals surface area contributed by atoms with E-state index in [1.807, 2.05) is 0 Å². The molecule has 1 fully saturated rings. The van der Waals surface area contributed by atoms with Crippen molar-refractivity contribution in [2.75, 3.05) is 25.1 Å². The molecule has 0 spiro atoms. The number of terminal acetylenes is 1. The molecule has 0 N–H and O–H groups in total. The number of nitrogens with zero attached hydrogens (tertiary/aromatic N) is 3. The number of hydrogen-bond acceptors (Lipinski definition) is 4. The number of ether oxygens (including phenoxy) is 1. The highest BCUT2D eigenvalue weighted by Gasteiger charge is 2.19. The van der Waals surface area contributed by atoms with E-state index < -0.39 is 0 Å². The zero-order valence-corrected chi connectivity index (χ0v) is 11.9. The standard InChI is InChI=1S/C15H21N3O2/c1-3-4-5-8-18-15(19)11-13(12-16-18)17-9-6-14(20-2)7-10-17/h1,11-12,14H,4-10H2,2H3. The number of rotatable bonds is 5. The maximum absolute atomic E-state index is 12.0. The van der Waals surface area contributed by atoms with Crippen molar-refractivity contribution in [1.29, 1.82) is 0 Å². The van der Waals surface area contributed by atoms with Crippen LogP contribution in [0.3, 0.4) is 0 Å². The minimum atomic E-state index is -0.0617. The molecule has 0 radical (unpaired) electrons. The Labute approximate surface area is 119 Å². The summed E-state index contributed by atoms with van der Waals surface area (Å²) in [5, 5.41) is 4.23. The van der Waals surface area contributed by atoms with E-state index in [2.05, 4.69) is 15.9 Å². The number of unbranched alkanes of at least 4 members (excludes halogenated alkanes) is 1. The molecule has 0 atom stereocenters. The van der Waals surface area contributed by atoms with E-state index >= 15 is 0 Å². The summed E-state index contributed by atoms with van der Waals surface area (Å²) in [4.78, 5) is 14.2. The molecular weight excluding hydrogens is 254 g/mol. The van der Waals surface area contributed by atoms with E-state index in [1.54, 1.807) is 19.4 Å². The van der Waals surface area contributed by atoms with Gasteiger partial charge in [-0.1, -0.05) is 0 Å². The van der Waals surface area contributed by atoms with Gasteiger partial charge in [0.15, 0.2) is 0 Å². The summed E-state index contributed by atoms with van der Waals surface area (Å²) in [6.45, 7) is 2.39. The van der Waals surface area contributed by atoms with E-state index in [9.17, 15) is 4.79 Å². The Kier molecular flexibility index (Phi) is 5.19. The Morgan fingerprint density at radius 3 is 2.85 bits per heavy atom. The van der Waals surface area contributed by atoms with Crippen LogP contribution in [0.2, 0.25) is 0 Å². The van der Waals surface area contributed by atoms with Gasteiger partial charge in [0.1, 0.15) is 0 Å². The molecule has 0 amide bonds. The van der Waals surface area contributed by atoms with Gasteiger partial charge in [-0.2, -0.15) is 5.10 Å². The van der Waals surface area contributed by atoms with Crippen LogP contribution in [0.25, 0.3) is 0 Å². The first kappa shape index (κ1) is 14.6. The van der Waals surface area contributed by atoms with Crippen molar-refractivity contribution < 1.29 is 4.74 Å². The lowest BCUT2D eigenvalue weighted by Gasteiger charge is -2.32. The second-order valence-electron chi connectivity index (χ2n) is 5.00. The zero-order chi connectivity index (χ0) is 14.4. The van der Waals surface area contributed by atoms with Crippen LogP contribution in [0.1, 0.15) is 25.7 Å². The Bertz CT molecular complexity index is 525. The van der Waals surface area contributed by atoms with Crippen molar-refractivity contribution in [3.05, 3.63) is 22.6 Å². The highest BCUT2D eigenvalue weighted by Crippen LogP contribution is 2.18. The Morgan fingerprint density at radius 2 is 2.25 bits per heavy atom. The Hall–Kier alpha value is -1.80. The van der Waals surface area contributed by atoms with E-state index in [4.69, 9.17) is 11.2 Å². The molecule has 5 heteroatoms. The first-order valence-corrected chi connectivity index (χ1v) is 7.03. The number of piperidine rings is 1. The van der Waals surface area contributed by atoms with Gasteiger partial charge in [-0.05, 0) is 19.3 Å². The second-order valence-corrected chi connectivity index (χ2v) is 5.00. The number of hydrogen-bond donors (Lipinski definition) is 0. The lowest BCUT2D eigenvalue weighted by Crippen LogP contribution is -2.37. The first-order valence-electron chi connectivity index (χ1n) is 7.03. The molecule has 1 saturated heterocycles. The van der Waals surface area contributed by atoms with Crippen LogP contribution in [0.15, 0.2) is 17.1 Å². The summed E-state index contributed by atoms with van der Waals surface area (Å²) in [5.41, 5.74) is 0.839. The van der Waals surface area contributed by atoms with Crippen molar-refractivity contribution >= 4 is 5.69 Å². The summed E-state index contributed by atoms with van der Waals surface area (Å²) in [6, 6.07) is 1.66. The van der Waals surface area contributed by atoms with Crippen LogP contribution in [0, 0.1) is 12.3 Å². The largest absolute Gasteiger partial charge is 0.381 e. The lowest BCUT2D eigenvalue weighted by atomic mass is 10.1. The van der Waals surface area contributed by atoms with Gasteiger partial charge in [0.05, 0.1) is 18.0 Å². The van der Waals surface area contributed by atoms with Crippen LogP contribution < -0.4 is 10.5 Å². The molecule has 1 aliphatic rings. The lowest BCUT2D eigenvalue weighted by molar-refractivity contribution is 0.0819. The first-order chi connectivity index (χ1) is 9.74. The van der Waals surface area contributed by atoms with Gasteiger partial charge in [0.2, 0.25) is 0 Å². The summed E-state index contributed by atoms with van der Waals surface area (Å²) in [6.07, 6.45) is 10.7. The molecule has 0 bridgehead atoms. The molecule has 0 aliphatic carbocycles. The molecular formula is C15H21N3O2. The van der Waals surface area contributed by atoms with Crippen molar-refractivity contribution in [3.8, 4) is 12.3 Å². The second kappa shape index (κ2) is 7.11. The third-order valence-corrected chi connectivity index (χ3v) is 3.69. The van der Waals surface area contributed by atoms with Crippen LogP contribution in [0.5, 0.6) is 0 Å². The van der Waals surface area contributed by atoms with Crippen LogP contribution >= 0.6 is 0 Å². The molecule has 108 valence electrons. The summed E-state index contributed by atoms with van der Waals surface area (Å²) in [7, 11) is 1.75. The highest BCUT2D eigenvalue weighted by atomic mass is 16.5. The fraction of sp³-hybridized carbons (Fsp3) is 0.600. The normalized spacial score (nSPS) is 16.1. The van der Waals surface area contributed by atoms with Crippen molar-refractivity contribution in [2.24, 2.45) is 0 Å². The third kappa shape index (κ3) is 3.61. The van der Waals surface area contributed by atoms with Gasteiger partial charge < -0.3 is 9.64 Å². The maximum atomic E-state index is 12.0. The van der Waals surface area contributed by atoms with E-state index in [-0.39, 0.29) is 5.56 Å². The third-order valence-electron chi connectivity index (χ3n) is 3.69. The number of aromatic nitrogens is 2. The highest BCUT2D eigenvalue weighted by molar-refractivity contribution is 5.43. The SMILES string of the molecule is C#CCCCn1ncc(N2CCC(OC)CC2)cc1=O. The van der Waals surface area contributed by atoms with Crippen molar-refractivity contribution in [3.63, 3.8) is 0 Å². The van der Waals surface area contributed by atoms with Gasteiger partial charge in [0, 0.05) is 39.2 Å². The summed E-state index contributed by atoms with van der Waals surface area (Å²) >= 11 is 0. The van der Waals surface area contributed by atoms with E-state index in [1.165, 1.54) is 4.68 Å². The van der Waals surface area contributed by atoms with E-state index in [0.29, 0.717) is 19.1 Å². The molecule has 0 saturated carbocycles. The molecule has 0 unspecified atom stereocenters. The monoisotopic (exact) mass is 275 g/mol. The van der Waals surface area contributed by atoms with Gasteiger partial charge in [-0.25, -0.2) is 4.68 Å². The van der Waals surface area contributed by atoms with Gasteiger partial charge >= 0.3 is 0 Å². The maximum Gasteiger partial charge on any atom is 0.268 e. The molecule has 0 aromatic carbocycles. The van der Waals surface area contributed by atoms with E-state index in [0.717, 1.165) is 38.0 Å². The zero-order valence-electron chi connectivity index (χ0n) is 11.9. The average Bonchev–Trinajstić information content (AvgIpc) is 2.49. The van der Waals surface area contributed by atoms with Crippen molar-refractivity contribution in [1.82, 2.24) is 9.78 Å². The topological polar surface area (TPSA) is 47.4 Å². The molecule has 1 aliphatic heterocycles. The van der Waals surface area contributed by atoms with Crippen LogP contribution in [-0.4, -0.2) is 36.1 Å². The molecule has 2 heterocycles. The van der Waals surface area contributed by atoms with Gasteiger partial charge in [-0.3, -0.25) is 4.79 Å². The molecule has 1 aromatic heterocycles. The molecule has 1 aromatic rings. The number of methoxy groups -OCH3 is 1. The van der Waals surface area contributed by atoms with Crippen LogP contribution in [0.4, 0.5) is 5.69 Å². The van der Waals surface area contributed by atoms with Crippen LogP contribution in [-0.2, 0) is 11.3 Å². The quantitative estimate of drug-likeness (QED) is 0.600. The minimum absolute atomic E-state index is 0.0617. The fourth-order valence-electron chi connectivity index (χ4n) is 2.45.